The van der Waals surface area contributed by atoms with Crippen LogP contribution in [0.15, 0.2) is 18.2 Å². The highest BCUT2D eigenvalue weighted by Crippen LogP contribution is 2.30. The fraction of sp³-hybridized carbons (Fsp3) is 0.467. The van der Waals surface area contributed by atoms with Crippen molar-refractivity contribution in [1.82, 2.24) is 5.32 Å². The number of carbonyl (C=O) groups is 1. The first-order valence-electron chi connectivity index (χ1n) is 6.55. The lowest BCUT2D eigenvalue weighted by Crippen LogP contribution is -2.60. The zero-order valence-corrected chi connectivity index (χ0v) is 11.6. The highest BCUT2D eigenvalue weighted by atomic mass is 16.2. The zero-order valence-electron chi connectivity index (χ0n) is 11.6. The van der Waals surface area contributed by atoms with E-state index in [0.29, 0.717) is 6.54 Å². The third-order valence-corrected chi connectivity index (χ3v) is 3.67. The number of para-hydroxylation sites is 1. The number of hydrogen-bond acceptors (Lipinski definition) is 3. The van der Waals surface area contributed by atoms with Gasteiger partial charge >= 0.3 is 0 Å². The van der Waals surface area contributed by atoms with Crippen molar-refractivity contribution in [2.24, 2.45) is 0 Å². The van der Waals surface area contributed by atoms with Gasteiger partial charge in [0.05, 0.1) is 12.5 Å². The summed E-state index contributed by atoms with van der Waals surface area (Å²) < 4.78 is 0. The van der Waals surface area contributed by atoms with Crippen molar-refractivity contribution in [2.75, 3.05) is 11.4 Å². The molecular formula is C15H19N3O. The van der Waals surface area contributed by atoms with E-state index in [1.807, 2.05) is 32.0 Å². The molecule has 2 atom stereocenters. The van der Waals surface area contributed by atoms with Gasteiger partial charge in [0.25, 0.3) is 0 Å². The minimum absolute atomic E-state index is 0.0534. The van der Waals surface area contributed by atoms with E-state index >= 15 is 0 Å². The second kappa shape index (κ2) is 5.31. The van der Waals surface area contributed by atoms with E-state index in [2.05, 4.69) is 23.2 Å². The number of rotatable bonds is 2. The Morgan fingerprint density at radius 3 is 2.63 bits per heavy atom. The second-order valence-electron chi connectivity index (χ2n) is 5.12. The van der Waals surface area contributed by atoms with Crippen molar-refractivity contribution < 1.29 is 4.79 Å². The molecule has 0 aliphatic carbocycles. The van der Waals surface area contributed by atoms with Gasteiger partial charge in [-0.25, -0.2) is 0 Å². The fourth-order valence-electron chi connectivity index (χ4n) is 2.76. The lowest BCUT2D eigenvalue weighted by atomic mass is 9.99. The van der Waals surface area contributed by atoms with Crippen LogP contribution in [0.2, 0.25) is 0 Å². The number of piperazine rings is 1. The van der Waals surface area contributed by atoms with E-state index < -0.39 is 6.04 Å². The van der Waals surface area contributed by atoms with Crippen LogP contribution in [0.1, 0.15) is 24.5 Å². The first kappa shape index (κ1) is 13.4. The van der Waals surface area contributed by atoms with Gasteiger partial charge in [-0.2, -0.15) is 5.26 Å². The van der Waals surface area contributed by atoms with E-state index in [9.17, 15) is 4.79 Å². The predicted molar refractivity (Wildman–Crippen MR) is 74.9 cm³/mol. The molecule has 1 aliphatic rings. The van der Waals surface area contributed by atoms with Gasteiger partial charge in [-0.1, -0.05) is 18.2 Å². The number of amides is 1. The van der Waals surface area contributed by atoms with Crippen LogP contribution < -0.4 is 10.2 Å². The van der Waals surface area contributed by atoms with E-state index in [0.717, 1.165) is 16.8 Å². The van der Waals surface area contributed by atoms with Gasteiger partial charge in [-0.15, -0.1) is 0 Å². The molecule has 0 radical (unpaired) electrons. The third kappa shape index (κ3) is 2.41. The topological polar surface area (TPSA) is 56.1 Å². The molecule has 100 valence electrons. The summed E-state index contributed by atoms with van der Waals surface area (Å²) in [5.41, 5.74) is 3.37. The maximum atomic E-state index is 12.0. The van der Waals surface area contributed by atoms with E-state index in [4.69, 9.17) is 5.26 Å². The van der Waals surface area contributed by atoms with Crippen LogP contribution in [0.4, 0.5) is 5.69 Å². The second-order valence-corrected chi connectivity index (χ2v) is 5.12. The lowest BCUT2D eigenvalue weighted by molar-refractivity contribution is -0.123. The summed E-state index contributed by atoms with van der Waals surface area (Å²) >= 11 is 0. The molecule has 1 N–H and O–H groups in total. The Kier molecular flexibility index (Phi) is 3.75. The summed E-state index contributed by atoms with van der Waals surface area (Å²) in [5, 5.41) is 11.8. The van der Waals surface area contributed by atoms with Crippen molar-refractivity contribution in [3.8, 4) is 6.07 Å². The average Bonchev–Trinajstić information content (AvgIpc) is 2.37. The van der Waals surface area contributed by atoms with Crippen LogP contribution in [0.5, 0.6) is 0 Å². The molecule has 4 nitrogen and oxygen atoms in total. The normalized spacial score (nSPS) is 22.8. The smallest absolute Gasteiger partial charge is 0.243 e. The fourth-order valence-corrected chi connectivity index (χ4v) is 2.76. The number of hydrogen-bond donors (Lipinski definition) is 1. The molecule has 1 aromatic carbocycles. The molecule has 0 bridgehead atoms. The summed E-state index contributed by atoms with van der Waals surface area (Å²) in [6, 6.07) is 8.03. The zero-order chi connectivity index (χ0) is 14.0. The van der Waals surface area contributed by atoms with Crippen LogP contribution in [0.25, 0.3) is 0 Å². The molecule has 2 rings (SSSR count). The minimum atomic E-state index is -0.395. The largest absolute Gasteiger partial charge is 0.354 e. The Hall–Kier alpha value is -2.02. The molecule has 19 heavy (non-hydrogen) atoms. The number of nitrogens with one attached hydrogen (secondary N) is 1. The highest BCUT2D eigenvalue weighted by Gasteiger charge is 2.35. The molecule has 4 heteroatoms. The van der Waals surface area contributed by atoms with Gasteiger partial charge in [0.2, 0.25) is 5.91 Å². The van der Waals surface area contributed by atoms with Gasteiger partial charge in [0, 0.05) is 18.3 Å². The van der Waals surface area contributed by atoms with Gasteiger partial charge in [-0.05, 0) is 31.9 Å². The Labute approximate surface area is 114 Å². The van der Waals surface area contributed by atoms with Crippen molar-refractivity contribution in [3.05, 3.63) is 29.3 Å². The first-order valence-corrected chi connectivity index (χ1v) is 6.55. The number of benzene rings is 1. The number of carbonyl (C=O) groups excluding carboxylic acids is 1. The number of anilines is 1. The maximum Gasteiger partial charge on any atom is 0.243 e. The Morgan fingerprint density at radius 2 is 2.05 bits per heavy atom. The quantitative estimate of drug-likeness (QED) is 0.880. The molecule has 2 unspecified atom stereocenters. The van der Waals surface area contributed by atoms with Crippen LogP contribution in [0, 0.1) is 25.2 Å². The van der Waals surface area contributed by atoms with Crippen LogP contribution in [-0.4, -0.2) is 24.5 Å². The third-order valence-electron chi connectivity index (χ3n) is 3.67. The Bertz CT molecular complexity index is 512. The van der Waals surface area contributed by atoms with Crippen molar-refractivity contribution in [1.29, 1.82) is 5.26 Å². The molecule has 1 heterocycles. The molecule has 1 aromatic rings. The SMILES string of the molecule is Cc1cccc(C)c1N1C(C)CNC(=O)C1CC#N. The molecular weight excluding hydrogens is 238 g/mol. The molecule has 1 aliphatic heterocycles. The van der Waals surface area contributed by atoms with E-state index in [1.54, 1.807) is 0 Å². The maximum absolute atomic E-state index is 12.0. The van der Waals surface area contributed by atoms with Gasteiger partial charge in [-0.3, -0.25) is 4.79 Å². The van der Waals surface area contributed by atoms with Gasteiger partial charge in [0.15, 0.2) is 0 Å². The van der Waals surface area contributed by atoms with Crippen LogP contribution >= 0.6 is 0 Å². The number of nitriles is 1. The standard InChI is InChI=1S/C15H19N3O/c1-10-5-4-6-11(2)14(10)18-12(3)9-17-15(19)13(18)7-8-16/h4-6,12-13H,7,9H2,1-3H3,(H,17,19). The molecule has 0 spiro atoms. The van der Waals surface area contributed by atoms with E-state index in [1.165, 1.54) is 0 Å². The van der Waals surface area contributed by atoms with Gasteiger partial charge in [0.1, 0.15) is 6.04 Å². The summed E-state index contributed by atoms with van der Waals surface area (Å²) in [5.74, 6) is -0.0534. The van der Waals surface area contributed by atoms with Crippen molar-refractivity contribution in [3.63, 3.8) is 0 Å². The van der Waals surface area contributed by atoms with Crippen molar-refractivity contribution >= 4 is 11.6 Å². The van der Waals surface area contributed by atoms with Crippen LogP contribution in [0.3, 0.4) is 0 Å². The predicted octanol–water partition coefficient (Wildman–Crippen LogP) is 1.91. The summed E-state index contributed by atoms with van der Waals surface area (Å²) in [6.07, 6.45) is 0.212. The number of nitrogens with zero attached hydrogens (tertiary/aromatic N) is 2. The highest BCUT2D eigenvalue weighted by molar-refractivity contribution is 5.88. The molecule has 0 saturated carbocycles. The summed E-state index contributed by atoms with van der Waals surface area (Å²) in [4.78, 5) is 14.1. The van der Waals surface area contributed by atoms with Crippen molar-refractivity contribution in [2.45, 2.75) is 39.3 Å². The van der Waals surface area contributed by atoms with E-state index in [-0.39, 0.29) is 18.4 Å². The Morgan fingerprint density at radius 1 is 1.42 bits per heavy atom. The molecule has 1 saturated heterocycles. The summed E-state index contributed by atoms with van der Waals surface area (Å²) in [6.45, 7) is 6.79. The van der Waals surface area contributed by atoms with Gasteiger partial charge < -0.3 is 10.2 Å². The lowest BCUT2D eigenvalue weighted by Gasteiger charge is -2.42. The molecule has 0 aromatic heterocycles. The average molecular weight is 257 g/mol. The minimum Gasteiger partial charge on any atom is -0.354 e. The van der Waals surface area contributed by atoms with Crippen LogP contribution in [-0.2, 0) is 4.79 Å². The molecule has 1 fully saturated rings. The number of aryl methyl sites for hydroxylation is 2. The first-order chi connectivity index (χ1) is 9.06. The Balaban J connectivity index is 2.49. The summed E-state index contributed by atoms with van der Waals surface area (Å²) in [7, 11) is 0. The monoisotopic (exact) mass is 257 g/mol. The molecule has 1 amide bonds.